The molecule has 28 heavy (non-hydrogen) atoms. The number of rotatable bonds is 5. The molecular weight excluding hydrogens is 352 g/mol. The second-order valence-electron chi connectivity index (χ2n) is 6.86. The van der Waals surface area contributed by atoms with Gasteiger partial charge in [-0.25, -0.2) is 4.52 Å². The normalized spacial score (nSPS) is 12.4. The number of fused-ring (bicyclic) bond motifs is 3. The molecule has 2 aromatic carbocycles. The van der Waals surface area contributed by atoms with Gasteiger partial charge in [-0.2, -0.15) is 4.98 Å². The molecule has 142 valence electrons. The molecule has 0 saturated carbocycles. The molecule has 0 radical (unpaired) electrons. The molecule has 0 aliphatic rings. The molecule has 0 bridgehead atoms. The third kappa shape index (κ3) is 3.07. The molecule has 1 amide bonds. The van der Waals surface area contributed by atoms with Crippen molar-refractivity contribution in [1.29, 1.82) is 0 Å². The summed E-state index contributed by atoms with van der Waals surface area (Å²) in [6.07, 6.45) is 0.611. The topological polar surface area (TPSA) is 68.4 Å². The molecule has 0 aliphatic heterocycles. The van der Waals surface area contributed by atoms with Gasteiger partial charge in [0, 0.05) is 23.7 Å². The van der Waals surface area contributed by atoms with Crippen LogP contribution in [0.4, 0.5) is 0 Å². The summed E-state index contributed by atoms with van der Waals surface area (Å²) in [4.78, 5) is 29.3. The first kappa shape index (κ1) is 18.0. The molecule has 1 unspecified atom stereocenters. The van der Waals surface area contributed by atoms with E-state index >= 15 is 0 Å². The maximum atomic E-state index is 13.1. The summed E-state index contributed by atoms with van der Waals surface area (Å²) in [5, 5.41) is 3.90. The molecular formula is C22H22N4O2. The number of aromatic nitrogens is 3. The van der Waals surface area contributed by atoms with Gasteiger partial charge in [-0.1, -0.05) is 49.4 Å². The summed E-state index contributed by atoms with van der Waals surface area (Å²) < 4.78 is 3.83. The van der Waals surface area contributed by atoms with Gasteiger partial charge in [-0.05, 0) is 31.0 Å². The smallest absolute Gasteiger partial charge is 0.273 e. The molecule has 0 fully saturated rings. The number of nitrogens with zero attached hydrogens (tertiary/aromatic N) is 3. The van der Waals surface area contributed by atoms with Gasteiger partial charge in [0.25, 0.3) is 5.56 Å². The van der Waals surface area contributed by atoms with E-state index in [1.54, 1.807) is 0 Å². The quantitative estimate of drug-likeness (QED) is 0.583. The number of para-hydroxylation sites is 1. The first-order chi connectivity index (χ1) is 13.6. The van der Waals surface area contributed by atoms with E-state index in [4.69, 9.17) is 0 Å². The fourth-order valence-corrected chi connectivity index (χ4v) is 3.69. The Morgan fingerprint density at radius 1 is 1.11 bits per heavy atom. The lowest BCUT2D eigenvalue weighted by atomic mass is 10.1. The second-order valence-corrected chi connectivity index (χ2v) is 6.86. The highest BCUT2D eigenvalue weighted by Crippen LogP contribution is 2.26. The van der Waals surface area contributed by atoms with Gasteiger partial charge in [-0.15, -0.1) is 0 Å². The van der Waals surface area contributed by atoms with Crippen LogP contribution in [0.25, 0.3) is 16.6 Å². The molecule has 2 aromatic heterocycles. The number of hydrogen-bond donors (Lipinski definition) is 1. The lowest BCUT2D eigenvalue weighted by Gasteiger charge is -2.20. The van der Waals surface area contributed by atoms with E-state index in [2.05, 4.69) is 10.3 Å². The Kier molecular flexibility index (Phi) is 4.69. The average molecular weight is 374 g/mol. The summed E-state index contributed by atoms with van der Waals surface area (Å²) in [6, 6.07) is 18.6. The fraction of sp³-hybridized carbons (Fsp3) is 0.227. The van der Waals surface area contributed by atoms with Gasteiger partial charge in [0.05, 0.1) is 5.52 Å². The van der Waals surface area contributed by atoms with E-state index in [1.807, 2.05) is 77.6 Å². The second kappa shape index (κ2) is 7.31. The highest BCUT2D eigenvalue weighted by atomic mass is 16.2. The Bertz CT molecular complexity index is 1210. The van der Waals surface area contributed by atoms with Crippen molar-refractivity contribution in [3.63, 3.8) is 0 Å². The summed E-state index contributed by atoms with van der Waals surface area (Å²) in [5.74, 6) is -0.0629. The predicted molar refractivity (Wildman–Crippen MR) is 109 cm³/mol. The third-order valence-electron chi connectivity index (χ3n) is 4.98. The summed E-state index contributed by atoms with van der Waals surface area (Å²) in [6.45, 7) is 4.32. The van der Waals surface area contributed by atoms with Crippen molar-refractivity contribution in [2.75, 3.05) is 0 Å². The maximum Gasteiger partial charge on any atom is 0.273 e. The minimum atomic E-state index is -0.422. The molecule has 6 nitrogen and oxygen atoms in total. The molecule has 0 saturated heterocycles. The van der Waals surface area contributed by atoms with Crippen molar-refractivity contribution >= 4 is 22.5 Å². The van der Waals surface area contributed by atoms with Gasteiger partial charge >= 0.3 is 0 Å². The highest BCUT2D eigenvalue weighted by molar-refractivity contribution is 5.94. The highest BCUT2D eigenvalue weighted by Gasteiger charge is 2.24. The zero-order valence-corrected chi connectivity index (χ0v) is 15.9. The molecule has 0 aliphatic carbocycles. The Balaban J connectivity index is 1.81. The lowest BCUT2D eigenvalue weighted by molar-refractivity contribution is -0.124. The largest absolute Gasteiger partial charge is 0.350 e. The van der Waals surface area contributed by atoms with Crippen molar-refractivity contribution < 1.29 is 4.79 Å². The first-order valence-electron chi connectivity index (χ1n) is 9.41. The van der Waals surface area contributed by atoms with Gasteiger partial charge in [-0.3, -0.25) is 14.3 Å². The van der Waals surface area contributed by atoms with Crippen LogP contribution in [0.3, 0.4) is 0 Å². The minimum Gasteiger partial charge on any atom is -0.350 e. The first-order valence-corrected chi connectivity index (χ1v) is 9.41. The number of carbonyl (C=O) groups is 1. The molecule has 4 aromatic rings. The van der Waals surface area contributed by atoms with Crippen LogP contribution in [-0.4, -0.2) is 20.1 Å². The van der Waals surface area contributed by atoms with Crippen LogP contribution >= 0.6 is 0 Å². The van der Waals surface area contributed by atoms with Crippen LogP contribution in [0, 0.1) is 6.92 Å². The van der Waals surface area contributed by atoms with Crippen LogP contribution in [0.15, 0.2) is 65.5 Å². The number of hydrogen-bond acceptors (Lipinski definition) is 3. The Hall–Kier alpha value is -3.41. The van der Waals surface area contributed by atoms with E-state index in [0.29, 0.717) is 18.6 Å². The molecule has 4 rings (SSSR count). The van der Waals surface area contributed by atoms with Crippen LogP contribution < -0.4 is 10.9 Å². The Morgan fingerprint density at radius 2 is 1.82 bits per heavy atom. The van der Waals surface area contributed by atoms with E-state index in [0.717, 1.165) is 22.2 Å². The van der Waals surface area contributed by atoms with Crippen LogP contribution in [0.2, 0.25) is 0 Å². The molecule has 6 heteroatoms. The average Bonchev–Trinajstić information content (AvgIpc) is 3.03. The molecule has 1 atom stereocenters. The van der Waals surface area contributed by atoms with E-state index < -0.39 is 6.04 Å². The summed E-state index contributed by atoms with van der Waals surface area (Å²) in [7, 11) is 0. The van der Waals surface area contributed by atoms with Crippen molar-refractivity contribution in [2.24, 2.45) is 0 Å². The number of carbonyl (C=O) groups excluding carboxylic acids is 1. The van der Waals surface area contributed by atoms with E-state index in [9.17, 15) is 9.59 Å². The minimum absolute atomic E-state index is 0.0629. The van der Waals surface area contributed by atoms with Crippen molar-refractivity contribution in [1.82, 2.24) is 19.5 Å². The lowest BCUT2D eigenvalue weighted by Crippen LogP contribution is -2.34. The van der Waals surface area contributed by atoms with Crippen LogP contribution in [0.5, 0.6) is 0 Å². The number of benzene rings is 2. The monoisotopic (exact) mass is 374 g/mol. The van der Waals surface area contributed by atoms with Crippen molar-refractivity contribution in [2.45, 2.75) is 32.9 Å². The standard InChI is InChI=1S/C22H22N4O2/c1-3-18(22(28)23-14-16-9-5-4-6-10-16)26-19-12-8-7-11-17(19)21-24-20(27)13-15(2)25(21)26/h4-13,18H,3,14H2,1-2H3,(H,23,28). The third-order valence-corrected chi connectivity index (χ3v) is 4.98. The number of nitrogens with one attached hydrogen (secondary N) is 1. The molecule has 1 N–H and O–H groups in total. The Labute approximate surface area is 162 Å². The van der Waals surface area contributed by atoms with Crippen LogP contribution in [0.1, 0.15) is 30.6 Å². The summed E-state index contributed by atoms with van der Waals surface area (Å²) >= 11 is 0. The van der Waals surface area contributed by atoms with Gasteiger partial charge in [0.2, 0.25) is 5.91 Å². The van der Waals surface area contributed by atoms with Gasteiger partial charge in [0.15, 0.2) is 5.65 Å². The fourth-order valence-electron chi connectivity index (χ4n) is 3.69. The van der Waals surface area contributed by atoms with Gasteiger partial charge < -0.3 is 5.32 Å². The van der Waals surface area contributed by atoms with Crippen LogP contribution in [-0.2, 0) is 11.3 Å². The van der Waals surface area contributed by atoms with E-state index in [1.165, 1.54) is 6.07 Å². The van der Waals surface area contributed by atoms with Crippen molar-refractivity contribution in [3.8, 4) is 0 Å². The van der Waals surface area contributed by atoms with E-state index in [-0.39, 0.29) is 11.5 Å². The maximum absolute atomic E-state index is 13.1. The van der Waals surface area contributed by atoms with Crippen molar-refractivity contribution in [3.05, 3.63) is 82.3 Å². The SMILES string of the molecule is CCC(C(=O)NCc1ccccc1)n1c2ccccc2c2nc(=O)cc(C)n21. The number of aryl methyl sites for hydroxylation is 1. The zero-order chi connectivity index (χ0) is 19.7. The Morgan fingerprint density at radius 3 is 2.57 bits per heavy atom. The summed E-state index contributed by atoms with van der Waals surface area (Å²) in [5.41, 5.74) is 2.98. The predicted octanol–water partition coefficient (Wildman–Crippen LogP) is 3.23. The van der Waals surface area contributed by atoms with Gasteiger partial charge in [0.1, 0.15) is 6.04 Å². The molecule has 0 spiro atoms. The molecule has 2 heterocycles. The number of amides is 1. The zero-order valence-electron chi connectivity index (χ0n) is 15.9.